The SMILES string of the molecule is C=CC1NN2C(=O)C(c3nc4c(OC)cccc4o3)=C(C)NC2C1c1ccccc1. The number of amides is 1. The van der Waals surface area contributed by atoms with Crippen LogP contribution >= 0.6 is 0 Å². The normalized spacial score (nSPS) is 23.5. The van der Waals surface area contributed by atoms with Gasteiger partial charge in [0.25, 0.3) is 5.91 Å². The van der Waals surface area contributed by atoms with Crippen molar-refractivity contribution in [1.29, 1.82) is 0 Å². The maximum atomic E-state index is 13.5. The first-order valence-corrected chi connectivity index (χ1v) is 9.81. The Morgan fingerprint density at radius 1 is 1.20 bits per heavy atom. The number of nitrogens with one attached hydrogen (secondary N) is 2. The molecule has 2 aromatic carbocycles. The third-order valence-corrected chi connectivity index (χ3v) is 5.72. The molecule has 30 heavy (non-hydrogen) atoms. The fourth-order valence-electron chi connectivity index (χ4n) is 4.30. The van der Waals surface area contributed by atoms with Gasteiger partial charge in [-0.25, -0.2) is 15.4 Å². The highest BCUT2D eigenvalue weighted by molar-refractivity contribution is 6.20. The Morgan fingerprint density at radius 3 is 2.73 bits per heavy atom. The minimum absolute atomic E-state index is 0.0212. The minimum Gasteiger partial charge on any atom is -0.494 e. The van der Waals surface area contributed by atoms with Crippen molar-refractivity contribution < 1.29 is 13.9 Å². The van der Waals surface area contributed by atoms with E-state index < -0.39 is 0 Å². The van der Waals surface area contributed by atoms with Gasteiger partial charge in [0, 0.05) is 11.6 Å². The van der Waals surface area contributed by atoms with Crippen molar-refractivity contribution in [3.8, 4) is 5.75 Å². The fraction of sp³-hybridized carbons (Fsp3) is 0.217. The van der Waals surface area contributed by atoms with Gasteiger partial charge in [0.2, 0.25) is 5.89 Å². The summed E-state index contributed by atoms with van der Waals surface area (Å²) in [5.74, 6) is 0.702. The van der Waals surface area contributed by atoms with E-state index in [9.17, 15) is 4.79 Å². The molecule has 1 fully saturated rings. The van der Waals surface area contributed by atoms with Crippen LogP contribution in [0.2, 0.25) is 0 Å². The maximum absolute atomic E-state index is 13.5. The predicted molar refractivity (Wildman–Crippen MR) is 113 cm³/mol. The summed E-state index contributed by atoms with van der Waals surface area (Å²) in [5, 5.41) is 5.11. The second kappa shape index (κ2) is 7.03. The van der Waals surface area contributed by atoms with Crippen LogP contribution in [0.15, 0.2) is 71.3 Å². The Kier molecular flexibility index (Phi) is 4.33. The van der Waals surface area contributed by atoms with Crippen LogP contribution in [-0.4, -0.2) is 35.2 Å². The Balaban J connectivity index is 1.57. The molecule has 0 saturated carbocycles. The molecule has 152 valence electrons. The molecule has 2 aliphatic rings. The number of hydrogen-bond acceptors (Lipinski definition) is 6. The number of benzene rings is 2. The van der Waals surface area contributed by atoms with Crippen LogP contribution in [-0.2, 0) is 4.79 Å². The number of ether oxygens (including phenoxy) is 1. The van der Waals surface area contributed by atoms with E-state index in [1.54, 1.807) is 18.2 Å². The van der Waals surface area contributed by atoms with E-state index in [0.717, 1.165) is 11.3 Å². The summed E-state index contributed by atoms with van der Waals surface area (Å²) < 4.78 is 11.3. The maximum Gasteiger partial charge on any atom is 0.277 e. The molecule has 1 amide bonds. The largest absolute Gasteiger partial charge is 0.494 e. The van der Waals surface area contributed by atoms with Gasteiger partial charge in [-0.3, -0.25) is 4.79 Å². The molecule has 3 aromatic rings. The van der Waals surface area contributed by atoms with E-state index >= 15 is 0 Å². The Bertz CT molecular complexity index is 1170. The third kappa shape index (κ3) is 2.70. The van der Waals surface area contributed by atoms with Gasteiger partial charge in [0.05, 0.1) is 13.2 Å². The quantitative estimate of drug-likeness (QED) is 0.653. The zero-order chi connectivity index (χ0) is 20.8. The van der Waals surface area contributed by atoms with Crippen molar-refractivity contribution in [2.45, 2.75) is 25.0 Å². The number of methoxy groups -OCH3 is 1. The highest BCUT2D eigenvalue weighted by Crippen LogP contribution is 2.38. The van der Waals surface area contributed by atoms with Gasteiger partial charge in [0.15, 0.2) is 11.1 Å². The van der Waals surface area contributed by atoms with Gasteiger partial charge in [0.1, 0.15) is 17.5 Å². The van der Waals surface area contributed by atoms with Crippen molar-refractivity contribution in [2.75, 3.05) is 7.11 Å². The van der Waals surface area contributed by atoms with Gasteiger partial charge < -0.3 is 14.5 Å². The Hall–Kier alpha value is -3.58. The number of allylic oxidation sites excluding steroid dienone is 1. The Labute approximate surface area is 174 Å². The van der Waals surface area contributed by atoms with Gasteiger partial charge in [-0.05, 0) is 24.6 Å². The third-order valence-electron chi connectivity index (χ3n) is 5.72. The first-order valence-electron chi connectivity index (χ1n) is 9.81. The molecule has 3 atom stereocenters. The molecular formula is C23H22N4O3. The van der Waals surface area contributed by atoms with E-state index in [2.05, 4.69) is 34.4 Å². The molecule has 5 rings (SSSR count). The van der Waals surface area contributed by atoms with E-state index in [1.165, 1.54) is 0 Å². The van der Waals surface area contributed by atoms with Gasteiger partial charge in [-0.15, -0.1) is 6.58 Å². The number of carbonyl (C=O) groups excluding carboxylic acids is 1. The van der Waals surface area contributed by atoms with E-state index in [0.29, 0.717) is 22.4 Å². The molecule has 0 radical (unpaired) electrons. The highest BCUT2D eigenvalue weighted by Gasteiger charge is 2.48. The second-order valence-electron chi connectivity index (χ2n) is 7.42. The minimum atomic E-state index is -0.245. The van der Waals surface area contributed by atoms with Gasteiger partial charge >= 0.3 is 0 Å². The average Bonchev–Trinajstić information content (AvgIpc) is 3.35. The van der Waals surface area contributed by atoms with Crippen LogP contribution in [0.5, 0.6) is 5.75 Å². The van der Waals surface area contributed by atoms with Crippen molar-refractivity contribution in [2.24, 2.45) is 0 Å². The second-order valence-corrected chi connectivity index (χ2v) is 7.42. The zero-order valence-electron chi connectivity index (χ0n) is 16.8. The number of fused-ring (bicyclic) bond motifs is 2. The molecule has 3 unspecified atom stereocenters. The molecule has 1 aromatic heterocycles. The first-order chi connectivity index (χ1) is 14.6. The lowest BCUT2D eigenvalue weighted by atomic mass is 9.89. The molecule has 0 bridgehead atoms. The number of carbonyl (C=O) groups is 1. The summed E-state index contributed by atoms with van der Waals surface area (Å²) in [6.07, 6.45) is 1.59. The number of hydrogen-bond donors (Lipinski definition) is 2. The van der Waals surface area contributed by atoms with Crippen LogP contribution in [0.25, 0.3) is 16.7 Å². The summed E-state index contributed by atoms with van der Waals surface area (Å²) >= 11 is 0. The van der Waals surface area contributed by atoms with Crippen LogP contribution < -0.4 is 15.5 Å². The van der Waals surface area contributed by atoms with Crippen molar-refractivity contribution in [1.82, 2.24) is 20.7 Å². The average molecular weight is 402 g/mol. The molecule has 2 aliphatic heterocycles. The number of aromatic nitrogens is 1. The van der Waals surface area contributed by atoms with Gasteiger partial charge in [-0.2, -0.15) is 0 Å². The molecule has 7 nitrogen and oxygen atoms in total. The summed E-state index contributed by atoms with van der Waals surface area (Å²) in [5.41, 5.74) is 6.70. The number of para-hydroxylation sites is 1. The lowest BCUT2D eigenvalue weighted by Gasteiger charge is -2.34. The lowest BCUT2D eigenvalue weighted by molar-refractivity contribution is -0.130. The molecule has 1 saturated heterocycles. The van der Waals surface area contributed by atoms with Crippen LogP contribution in [0.3, 0.4) is 0 Å². The Morgan fingerprint density at radius 2 is 2.00 bits per heavy atom. The van der Waals surface area contributed by atoms with Crippen molar-refractivity contribution >= 4 is 22.6 Å². The van der Waals surface area contributed by atoms with Crippen LogP contribution in [0.4, 0.5) is 0 Å². The fourth-order valence-corrected chi connectivity index (χ4v) is 4.30. The highest BCUT2D eigenvalue weighted by atomic mass is 16.5. The van der Waals surface area contributed by atoms with Gasteiger partial charge in [-0.1, -0.05) is 42.5 Å². The lowest BCUT2D eigenvalue weighted by Crippen LogP contribution is -2.54. The molecular weight excluding hydrogens is 380 g/mol. The topological polar surface area (TPSA) is 79.6 Å². The zero-order valence-corrected chi connectivity index (χ0v) is 16.8. The summed E-state index contributed by atoms with van der Waals surface area (Å²) in [6, 6.07) is 15.5. The predicted octanol–water partition coefficient (Wildman–Crippen LogP) is 3.18. The smallest absolute Gasteiger partial charge is 0.277 e. The summed E-state index contributed by atoms with van der Waals surface area (Å²) in [4.78, 5) is 18.0. The number of oxazole rings is 1. The van der Waals surface area contributed by atoms with Crippen molar-refractivity contribution in [3.63, 3.8) is 0 Å². The molecule has 0 aliphatic carbocycles. The van der Waals surface area contributed by atoms with Crippen molar-refractivity contribution in [3.05, 3.63) is 78.3 Å². The number of hydrazine groups is 1. The number of nitrogens with zero attached hydrogens (tertiary/aromatic N) is 2. The van der Waals surface area contributed by atoms with E-state index in [4.69, 9.17) is 9.15 Å². The summed E-state index contributed by atoms with van der Waals surface area (Å²) in [7, 11) is 1.58. The monoisotopic (exact) mass is 402 g/mol. The van der Waals surface area contributed by atoms with Crippen LogP contribution in [0.1, 0.15) is 24.3 Å². The standard InChI is InChI=1S/C23H22N4O3/c1-4-15-19(14-9-6-5-7-10-14)21-24-13(2)18(23(28)27(21)26-15)22-25-20-16(29-3)11-8-12-17(20)30-22/h4-12,15,19,21,24,26H,1H2,2-3H3. The number of rotatable bonds is 4. The van der Waals surface area contributed by atoms with Crippen LogP contribution in [0, 0.1) is 0 Å². The molecule has 2 N–H and O–H groups in total. The van der Waals surface area contributed by atoms with E-state index in [-0.39, 0.29) is 29.9 Å². The first kappa shape index (κ1) is 18.4. The molecule has 7 heteroatoms. The summed E-state index contributed by atoms with van der Waals surface area (Å²) in [6.45, 7) is 5.83. The van der Waals surface area contributed by atoms with E-state index in [1.807, 2.05) is 43.3 Å². The molecule has 3 heterocycles. The molecule has 0 spiro atoms.